The topological polar surface area (TPSA) is 38.3 Å². The Labute approximate surface area is 90.2 Å². The molecular weight excluding hydrogens is 190 g/mol. The van der Waals surface area contributed by atoms with Crippen LogP contribution < -0.4 is 5.32 Å². The largest absolute Gasteiger partial charge is 0.466 e. The summed E-state index contributed by atoms with van der Waals surface area (Å²) in [7, 11) is 0. The highest BCUT2D eigenvalue weighted by molar-refractivity contribution is 5.76. The average Bonchev–Trinajstić information content (AvgIpc) is 2.28. The van der Waals surface area contributed by atoms with Crippen molar-refractivity contribution in [3.05, 3.63) is 23.9 Å². The third kappa shape index (κ3) is 2.06. The lowest BCUT2D eigenvalue weighted by Gasteiger charge is -2.32. The van der Waals surface area contributed by atoms with Gasteiger partial charge in [0.15, 0.2) is 0 Å². The standard InChI is InChI=1S/C12H17NO2/c1-2-15-12(14)10-5-3-7-11-9(10)6-4-8-13-11/h3,5,7,9-10,13H,2,4,6,8H2,1H3. The summed E-state index contributed by atoms with van der Waals surface area (Å²) in [5, 5.41) is 3.35. The Hall–Kier alpha value is -1.25. The van der Waals surface area contributed by atoms with Crippen molar-refractivity contribution in [2.75, 3.05) is 13.2 Å². The maximum atomic E-state index is 11.7. The van der Waals surface area contributed by atoms with Gasteiger partial charge in [-0.05, 0) is 25.8 Å². The summed E-state index contributed by atoms with van der Waals surface area (Å²) in [6.07, 6.45) is 8.18. The summed E-state index contributed by atoms with van der Waals surface area (Å²) in [6.45, 7) is 3.33. The van der Waals surface area contributed by atoms with Crippen molar-refractivity contribution in [3.8, 4) is 0 Å². The van der Waals surface area contributed by atoms with Gasteiger partial charge in [-0.1, -0.05) is 12.2 Å². The van der Waals surface area contributed by atoms with Crippen LogP contribution in [0.3, 0.4) is 0 Å². The first-order valence-electron chi connectivity index (χ1n) is 5.62. The number of carbonyl (C=O) groups is 1. The van der Waals surface area contributed by atoms with Gasteiger partial charge in [-0.2, -0.15) is 0 Å². The number of fused-ring (bicyclic) bond motifs is 1. The molecule has 1 aliphatic heterocycles. The second kappa shape index (κ2) is 4.51. The molecular formula is C12H17NO2. The highest BCUT2D eigenvalue weighted by atomic mass is 16.5. The van der Waals surface area contributed by atoms with Crippen molar-refractivity contribution in [3.63, 3.8) is 0 Å². The minimum absolute atomic E-state index is 0.0854. The fourth-order valence-corrected chi connectivity index (χ4v) is 2.29. The molecule has 1 N–H and O–H groups in total. The lowest BCUT2D eigenvalue weighted by Crippen LogP contribution is -2.36. The van der Waals surface area contributed by atoms with Crippen LogP contribution in [-0.4, -0.2) is 19.1 Å². The predicted octanol–water partition coefficient (Wildman–Crippen LogP) is 1.62. The van der Waals surface area contributed by atoms with Gasteiger partial charge in [0.25, 0.3) is 0 Å². The molecule has 3 nitrogen and oxygen atoms in total. The molecule has 1 aliphatic carbocycles. The number of piperidine rings is 1. The van der Waals surface area contributed by atoms with Crippen LogP contribution in [0.25, 0.3) is 0 Å². The number of hydrogen-bond acceptors (Lipinski definition) is 3. The third-order valence-electron chi connectivity index (χ3n) is 3.01. The number of esters is 1. The second-order valence-corrected chi connectivity index (χ2v) is 3.96. The molecule has 2 atom stereocenters. The van der Waals surface area contributed by atoms with E-state index in [2.05, 4.69) is 11.4 Å². The van der Waals surface area contributed by atoms with Crippen molar-refractivity contribution >= 4 is 5.97 Å². The number of ether oxygens (including phenoxy) is 1. The molecule has 0 bridgehead atoms. The first kappa shape index (κ1) is 10.3. The van der Waals surface area contributed by atoms with Gasteiger partial charge in [0.2, 0.25) is 0 Å². The van der Waals surface area contributed by atoms with E-state index < -0.39 is 0 Å². The fraction of sp³-hybridized carbons (Fsp3) is 0.583. The number of carbonyl (C=O) groups excluding carboxylic acids is 1. The van der Waals surface area contributed by atoms with Crippen LogP contribution in [0.4, 0.5) is 0 Å². The lowest BCUT2D eigenvalue weighted by molar-refractivity contribution is -0.147. The van der Waals surface area contributed by atoms with E-state index in [0.717, 1.165) is 19.4 Å². The van der Waals surface area contributed by atoms with Gasteiger partial charge >= 0.3 is 5.97 Å². The summed E-state index contributed by atoms with van der Waals surface area (Å²) in [4.78, 5) is 11.7. The first-order valence-corrected chi connectivity index (χ1v) is 5.62. The van der Waals surface area contributed by atoms with Crippen LogP contribution >= 0.6 is 0 Å². The van der Waals surface area contributed by atoms with Gasteiger partial charge in [0.1, 0.15) is 0 Å². The van der Waals surface area contributed by atoms with Gasteiger partial charge in [0, 0.05) is 18.2 Å². The molecule has 0 aromatic heterocycles. The zero-order chi connectivity index (χ0) is 10.7. The van der Waals surface area contributed by atoms with E-state index >= 15 is 0 Å². The Bertz CT molecular complexity index is 307. The van der Waals surface area contributed by atoms with Crippen LogP contribution in [0.1, 0.15) is 19.8 Å². The molecule has 0 saturated carbocycles. The third-order valence-corrected chi connectivity index (χ3v) is 3.01. The van der Waals surface area contributed by atoms with Crippen molar-refractivity contribution in [1.29, 1.82) is 0 Å². The Morgan fingerprint density at radius 1 is 1.67 bits per heavy atom. The van der Waals surface area contributed by atoms with Gasteiger partial charge in [-0.25, -0.2) is 0 Å². The molecule has 82 valence electrons. The molecule has 0 radical (unpaired) electrons. The van der Waals surface area contributed by atoms with E-state index in [-0.39, 0.29) is 11.9 Å². The maximum absolute atomic E-state index is 11.7. The van der Waals surface area contributed by atoms with Crippen molar-refractivity contribution < 1.29 is 9.53 Å². The summed E-state index contributed by atoms with van der Waals surface area (Å²) >= 11 is 0. The monoisotopic (exact) mass is 207 g/mol. The maximum Gasteiger partial charge on any atom is 0.313 e. The first-order chi connectivity index (χ1) is 7.33. The summed E-state index contributed by atoms with van der Waals surface area (Å²) in [6, 6.07) is 0. The van der Waals surface area contributed by atoms with E-state index in [1.165, 1.54) is 5.70 Å². The zero-order valence-electron chi connectivity index (χ0n) is 9.03. The molecule has 2 unspecified atom stereocenters. The van der Waals surface area contributed by atoms with E-state index in [4.69, 9.17) is 4.74 Å². The molecule has 0 aromatic carbocycles. The lowest BCUT2D eigenvalue weighted by atomic mass is 9.80. The Morgan fingerprint density at radius 2 is 2.53 bits per heavy atom. The highest BCUT2D eigenvalue weighted by Gasteiger charge is 2.33. The molecule has 1 heterocycles. The van der Waals surface area contributed by atoms with Crippen molar-refractivity contribution in [2.45, 2.75) is 19.8 Å². The van der Waals surface area contributed by atoms with Gasteiger partial charge in [0.05, 0.1) is 12.5 Å². The van der Waals surface area contributed by atoms with E-state index in [0.29, 0.717) is 12.5 Å². The quantitative estimate of drug-likeness (QED) is 0.699. The number of hydrogen-bond donors (Lipinski definition) is 1. The van der Waals surface area contributed by atoms with Crippen molar-refractivity contribution in [2.24, 2.45) is 11.8 Å². The van der Waals surface area contributed by atoms with Crippen LogP contribution in [0.15, 0.2) is 23.9 Å². The van der Waals surface area contributed by atoms with Crippen LogP contribution in [0.5, 0.6) is 0 Å². The summed E-state index contributed by atoms with van der Waals surface area (Å²) in [5.41, 5.74) is 1.20. The SMILES string of the molecule is CCOC(=O)C1C=CC=C2NCCCC21. The molecule has 0 spiro atoms. The summed E-state index contributed by atoms with van der Waals surface area (Å²) < 4.78 is 5.09. The normalized spacial score (nSPS) is 28.7. The second-order valence-electron chi connectivity index (χ2n) is 3.96. The minimum Gasteiger partial charge on any atom is -0.466 e. The molecule has 1 saturated heterocycles. The fourth-order valence-electron chi connectivity index (χ4n) is 2.29. The van der Waals surface area contributed by atoms with Crippen LogP contribution in [0.2, 0.25) is 0 Å². The van der Waals surface area contributed by atoms with E-state index in [1.807, 2.05) is 19.1 Å². The average molecular weight is 207 g/mol. The predicted molar refractivity (Wildman–Crippen MR) is 58.1 cm³/mol. The van der Waals surface area contributed by atoms with Gasteiger partial charge in [-0.3, -0.25) is 4.79 Å². The Morgan fingerprint density at radius 3 is 3.33 bits per heavy atom. The smallest absolute Gasteiger partial charge is 0.313 e. The Balaban J connectivity index is 2.10. The molecule has 3 heteroatoms. The molecule has 15 heavy (non-hydrogen) atoms. The molecule has 0 aromatic rings. The van der Waals surface area contributed by atoms with Crippen LogP contribution in [0, 0.1) is 11.8 Å². The van der Waals surface area contributed by atoms with E-state index in [9.17, 15) is 4.79 Å². The zero-order valence-corrected chi connectivity index (χ0v) is 9.03. The van der Waals surface area contributed by atoms with Crippen molar-refractivity contribution in [1.82, 2.24) is 5.32 Å². The van der Waals surface area contributed by atoms with E-state index in [1.54, 1.807) is 0 Å². The highest BCUT2D eigenvalue weighted by Crippen LogP contribution is 2.32. The van der Waals surface area contributed by atoms with Gasteiger partial charge < -0.3 is 10.1 Å². The number of nitrogens with one attached hydrogen (secondary N) is 1. The number of allylic oxidation sites excluding steroid dienone is 3. The van der Waals surface area contributed by atoms with Gasteiger partial charge in [-0.15, -0.1) is 0 Å². The number of rotatable bonds is 2. The minimum atomic E-state index is -0.0898. The molecule has 2 aliphatic rings. The molecule has 2 rings (SSSR count). The molecule has 0 amide bonds. The Kier molecular flexibility index (Phi) is 3.09. The molecule has 1 fully saturated rings. The van der Waals surface area contributed by atoms with Crippen LogP contribution in [-0.2, 0) is 9.53 Å². The summed E-state index contributed by atoms with van der Waals surface area (Å²) in [5.74, 6) is 0.133.